The van der Waals surface area contributed by atoms with Gasteiger partial charge in [0.25, 0.3) is 0 Å². The molecule has 122 valence electrons. The minimum atomic E-state index is 0. The van der Waals surface area contributed by atoms with Crippen LogP contribution in [0.2, 0.25) is 10.0 Å². The Morgan fingerprint density at radius 3 is 2.38 bits per heavy atom. The lowest BCUT2D eigenvalue weighted by atomic mass is 10.1. The largest absolute Gasteiger partial charge is 0.490 e. The number of benzene rings is 1. The zero-order valence-electron chi connectivity index (χ0n) is 11.8. The standard InChI is InChI=1S/C14H20Cl2N2O.2ClH/c15-13-3-2-12(10-14(13)16)19-11-4-8-18(9-5-11)7-1-6-17;;/h2-3,10-11H,1,4-9,17H2;2*1H. The Morgan fingerprint density at radius 1 is 1.14 bits per heavy atom. The smallest absolute Gasteiger partial charge is 0.121 e. The van der Waals surface area contributed by atoms with Gasteiger partial charge in [-0.05, 0) is 44.5 Å². The Kier molecular flexibility index (Phi) is 10.8. The monoisotopic (exact) mass is 374 g/mol. The molecule has 21 heavy (non-hydrogen) atoms. The van der Waals surface area contributed by atoms with Crippen LogP contribution in [0, 0.1) is 0 Å². The molecule has 0 spiro atoms. The fourth-order valence-corrected chi connectivity index (χ4v) is 2.60. The van der Waals surface area contributed by atoms with Crippen LogP contribution in [0.3, 0.4) is 0 Å². The maximum Gasteiger partial charge on any atom is 0.121 e. The minimum Gasteiger partial charge on any atom is -0.490 e. The number of hydrogen-bond donors (Lipinski definition) is 1. The first-order valence-electron chi connectivity index (χ1n) is 6.73. The van der Waals surface area contributed by atoms with Gasteiger partial charge < -0.3 is 15.4 Å². The lowest BCUT2D eigenvalue weighted by Crippen LogP contribution is -2.39. The van der Waals surface area contributed by atoms with Gasteiger partial charge in [0.1, 0.15) is 11.9 Å². The average molecular weight is 376 g/mol. The lowest BCUT2D eigenvalue weighted by molar-refractivity contribution is 0.100. The predicted octanol–water partition coefficient (Wildman–Crippen LogP) is 4.03. The highest BCUT2D eigenvalue weighted by Gasteiger charge is 2.20. The number of ether oxygens (including phenoxy) is 1. The van der Waals surface area contributed by atoms with Gasteiger partial charge >= 0.3 is 0 Å². The van der Waals surface area contributed by atoms with Crippen molar-refractivity contribution in [2.45, 2.75) is 25.4 Å². The fraction of sp³-hybridized carbons (Fsp3) is 0.571. The van der Waals surface area contributed by atoms with Crippen LogP contribution >= 0.6 is 48.0 Å². The van der Waals surface area contributed by atoms with Crippen LogP contribution in [0.15, 0.2) is 18.2 Å². The number of nitrogens with two attached hydrogens (primary N) is 1. The van der Waals surface area contributed by atoms with Crippen molar-refractivity contribution in [3.05, 3.63) is 28.2 Å². The van der Waals surface area contributed by atoms with Crippen molar-refractivity contribution in [3.8, 4) is 5.75 Å². The van der Waals surface area contributed by atoms with Gasteiger partial charge in [-0.1, -0.05) is 23.2 Å². The summed E-state index contributed by atoms with van der Waals surface area (Å²) < 4.78 is 5.95. The highest BCUT2D eigenvalue weighted by Crippen LogP contribution is 2.28. The summed E-state index contributed by atoms with van der Waals surface area (Å²) in [4.78, 5) is 2.45. The zero-order chi connectivity index (χ0) is 13.7. The Bertz CT molecular complexity index is 412. The average Bonchev–Trinajstić information content (AvgIpc) is 2.42. The highest BCUT2D eigenvalue weighted by atomic mass is 35.5. The van der Waals surface area contributed by atoms with Crippen molar-refractivity contribution in [1.82, 2.24) is 4.90 Å². The highest BCUT2D eigenvalue weighted by molar-refractivity contribution is 6.42. The van der Waals surface area contributed by atoms with Crippen molar-refractivity contribution in [2.24, 2.45) is 5.73 Å². The minimum absolute atomic E-state index is 0. The van der Waals surface area contributed by atoms with Crippen LogP contribution in [0.1, 0.15) is 19.3 Å². The normalized spacial score (nSPS) is 16.0. The second-order valence-electron chi connectivity index (χ2n) is 4.88. The first kappa shape index (κ1) is 21.1. The van der Waals surface area contributed by atoms with E-state index in [9.17, 15) is 0 Å². The first-order valence-corrected chi connectivity index (χ1v) is 7.49. The molecule has 1 aromatic rings. The predicted molar refractivity (Wildman–Crippen MR) is 94.7 cm³/mol. The van der Waals surface area contributed by atoms with Crippen molar-refractivity contribution < 1.29 is 4.74 Å². The van der Waals surface area contributed by atoms with Gasteiger partial charge in [0.15, 0.2) is 0 Å². The summed E-state index contributed by atoms with van der Waals surface area (Å²) in [5.41, 5.74) is 5.53. The van der Waals surface area contributed by atoms with Gasteiger partial charge in [0, 0.05) is 19.2 Å². The molecule has 2 N–H and O–H groups in total. The molecule has 3 nitrogen and oxygen atoms in total. The van der Waals surface area contributed by atoms with Crippen molar-refractivity contribution >= 4 is 48.0 Å². The summed E-state index contributed by atoms with van der Waals surface area (Å²) >= 11 is 11.9. The molecule has 1 heterocycles. The lowest BCUT2D eigenvalue weighted by Gasteiger charge is -2.32. The molecule has 0 atom stereocenters. The summed E-state index contributed by atoms with van der Waals surface area (Å²) in [6, 6.07) is 5.43. The van der Waals surface area contributed by atoms with E-state index in [-0.39, 0.29) is 30.9 Å². The van der Waals surface area contributed by atoms with Gasteiger partial charge in [-0.3, -0.25) is 0 Å². The Balaban J connectivity index is 0.00000200. The van der Waals surface area contributed by atoms with E-state index >= 15 is 0 Å². The molecule has 2 rings (SSSR count). The molecule has 0 aromatic heterocycles. The van der Waals surface area contributed by atoms with Gasteiger partial charge in [0.05, 0.1) is 10.0 Å². The molecule has 7 heteroatoms. The molecule has 1 saturated heterocycles. The first-order chi connectivity index (χ1) is 9.19. The topological polar surface area (TPSA) is 38.5 Å². The van der Waals surface area contributed by atoms with Crippen LogP contribution in [-0.2, 0) is 0 Å². The Hall–Kier alpha value is 0.1000. The molecule has 0 amide bonds. The molecular formula is C14H22Cl4N2O. The van der Waals surface area contributed by atoms with E-state index in [0.29, 0.717) is 10.0 Å². The van der Waals surface area contributed by atoms with E-state index in [2.05, 4.69) is 4.90 Å². The van der Waals surface area contributed by atoms with E-state index < -0.39 is 0 Å². The van der Waals surface area contributed by atoms with Crippen molar-refractivity contribution in [2.75, 3.05) is 26.2 Å². The summed E-state index contributed by atoms with van der Waals surface area (Å²) in [6.07, 6.45) is 3.43. The van der Waals surface area contributed by atoms with Crippen LogP contribution in [0.5, 0.6) is 5.75 Å². The third-order valence-electron chi connectivity index (χ3n) is 3.41. The Labute approximate surface area is 148 Å². The van der Waals surface area contributed by atoms with Gasteiger partial charge in [-0.2, -0.15) is 0 Å². The quantitative estimate of drug-likeness (QED) is 0.844. The molecule has 0 aliphatic carbocycles. The molecule has 0 unspecified atom stereocenters. The second-order valence-corrected chi connectivity index (χ2v) is 5.69. The van der Waals surface area contributed by atoms with E-state index in [0.717, 1.165) is 51.2 Å². The van der Waals surface area contributed by atoms with Gasteiger partial charge in [-0.25, -0.2) is 0 Å². The molecular weight excluding hydrogens is 354 g/mol. The van der Waals surface area contributed by atoms with E-state index in [1.165, 1.54) is 0 Å². The maximum absolute atomic E-state index is 5.98. The molecule has 1 aromatic carbocycles. The molecule has 1 aliphatic rings. The molecule has 0 bridgehead atoms. The van der Waals surface area contributed by atoms with E-state index in [1.807, 2.05) is 6.07 Å². The number of hydrogen-bond acceptors (Lipinski definition) is 3. The van der Waals surface area contributed by atoms with Gasteiger partial charge in [-0.15, -0.1) is 24.8 Å². The second kappa shape index (κ2) is 10.8. The summed E-state index contributed by atoms with van der Waals surface area (Å²) in [5.74, 6) is 0.801. The number of nitrogens with zero attached hydrogens (tertiary/aromatic N) is 1. The van der Waals surface area contributed by atoms with Crippen LogP contribution in [0.25, 0.3) is 0 Å². The summed E-state index contributed by atoms with van der Waals surface area (Å²) in [5, 5.41) is 1.10. The summed E-state index contributed by atoms with van der Waals surface area (Å²) in [6.45, 7) is 4.01. The third-order valence-corrected chi connectivity index (χ3v) is 4.15. The number of likely N-dealkylation sites (tertiary alicyclic amines) is 1. The fourth-order valence-electron chi connectivity index (χ4n) is 2.31. The molecule has 0 saturated carbocycles. The SMILES string of the molecule is Cl.Cl.NCCCN1CCC(Oc2ccc(Cl)c(Cl)c2)CC1. The molecule has 1 fully saturated rings. The Morgan fingerprint density at radius 2 is 1.81 bits per heavy atom. The zero-order valence-corrected chi connectivity index (χ0v) is 14.9. The van der Waals surface area contributed by atoms with Crippen LogP contribution in [-0.4, -0.2) is 37.2 Å². The molecule has 0 radical (unpaired) electrons. The summed E-state index contributed by atoms with van der Waals surface area (Å²) in [7, 11) is 0. The number of halogens is 4. The van der Waals surface area contributed by atoms with Crippen LogP contribution < -0.4 is 10.5 Å². The van der Waals surface area contributed by atoms with Crippen molar-refractivity contribution in [1.29, 1.82) is 0 Å². The van der Waals surface area contributed by atoms with E-state index in [1.54, 1.807) is 12.1 Å². The van der Waals surface area contributed by atoms with E-state index in [4.69, 9.17) is 33.7 Å². The van der Waals surface area contributed by atoms with Gasteiger partial charge in [0.2, 0.25) is 0 Å². The number of rotatable bonds is 5. The maximum atomic E-state index is 5.98. The van der Waals surface area contributed by atoms with Crippen molar-refractivity contribution in [3.63, 3.8) is 0 Å². The van der Waals surface area contributed by atoms with Crippen LogP contribution in [0.4, 0.5) is 0 Å². The third kappa shape index (κ3) is 6.81. The molecule has 1 aliphatic heterocycles. The number of piperidine rings is 1.